The van der Waals surface area contributed by atoms with Crippen LogP contribution in [0.2, 0.25) is 0 Å². The third-order valence-corrected chi connectivity index (χ3v) is 3.84. The second-order valence-corrected chi connectivity index (χ2v) is 5.37. The van der Waals surface area contributed by atoms with Crippen LogP contribution in [0.25, 0.3) is 12.2 Å². The standard InChI is InChI=1S/C20H20/c1-3-9-17(10-4-1)15-19-13-7-8-14-20(19)16-18-11-5-2-6-12-18/h1-6,9-12,15-16H,7-8,13-14H2. The molecule has 0 N–H and O–H groups in total. The van der Waals surface area contributed by atoms with E-state index in [-0.39, 0.29) is 0 Å². The van der Waals surface area contributed by atoms with Crippen molar-refractivity contribution in [3.8, 4) is 0 Å². The quantitative estimate of drug-likeness (QED) is 0.647. The number of allylic oxidation sites excluding steroid dienone is 2. The Morgan fingerprint density at radius 3 is 1.35 bits per heavy atom. The van der Waals surface area contributed by atoms with Crippen molar-refractivity contribution in [2.75, 3.05) is 0 Å². The van der Waals surface area contributed by atoms with Crippen molar-refractivity contribution in [2.24, 2.45) is 0 Å². The van der Waals surface area contributed by atoms with E-state index in [1.54, 1.807) is 0 Å². The Labute approximate surface area is 121 Å². The van der Waals surface area contributed by atoms with Crippen molar-refractivity contribution >= 4 is 12.2 Å². The van der Waals surface area contributed by atoms with Gasteiger partial charge in [0.1, 0.15) is 0 Å². The summed E-state index contributed by atoms with van der Waals surface area (Å²) in [5.74, 6) is 0. The highest BCUT2D eigenvalue weighted by Crippen LogP contribution is 2.31. The highest BCUT2D eigenvalue weighted by atomic mass is 14.2. The van der Waals surface area contributed by atoms with Gasteiger partial charge in [0, 0.05) is 0 Å². The van der Waals surface area contributed by atoms with Gasteiger partial charge in [-0.05, 0) is 48.0 Å². The number of hydrogen-bond acceptors (Lipinski definition) is 0. The fourth-order valence-electron chi connectivity index (χ4n) is 2.78. The van der Waals surface area contributed by atoms with Gasteiger partial charge in [-0.25, -0.2) is 0 Å². The van der Waals surface area contributed by atoms with Gasteiger partial charge in [-0.1, -0.05) is 72.8 Å². The molecule has 0 heteroatoms. The summed E-state index contributed by atoms with van der Waals surface area (Å²) in [4.78, 5) is 0. The Morgan fingerprint density at radius 1 is 0.550 bits per heavy atom. The molecule has 2 aromatic rings. The largest absolute Gasteiger partial charge is 0.0622 e. The van der Waals surface area contributed by atoms with Gasteiger partial charge < -0.3 is 0 Å². The van der Waals surface area contributed by atoms with Gasteiger partial charge in [0.2, 0.25) is 0 Å². The fraction of sp³-hybridized carbons (Fsp3) is 0.200. The molecule has 3 rings (SSSR count). The lowest BCUT2D eigenvalue weighted by Crippen LogP contribution is -1.98. The topological polar surface area (TPSA) is 0 Å². The summed E-state index contributed by atoms with van der Waals surface area (Å²) in [6.07, 6.45) is 9.73. The minimum absolute atomic E-state index is 1.20. The minimum Gasteiger partial charge on any atom is -0.0622 e. The molecular weight excluding hydrogens is 240 g/mol. The van der Waals surface area contributed by atoms with E-state index < -0.39 is 0 Å². The summed E-state index contributed by atoms with van der Waals surface area (Å²) in [5.41, 5.74) is 5.63. The highest BCUT2D eigenvalue weighted by molar-refractivity contribution is 5.66. The lowest BCUT2D eigenvalue weighted by atomic mass is 9.87. The zero-order chi connectivity index (χ0) is 13.6. The molecule has 0 radical (unpaired) electrons. The van der Waals surface area contributed by atoms with Gasteiger partial charge in [0.25, 0.3) is 0 Å². The van der Waals surface area contributed by atoms with E-state index >= 15 is 0 Å². The maximum absolute atomic E-state index is 2.36. The first-order valence-corrected chi connectivity index (χ1v) is 7.43. The second kappa shape index (κ2) is 6.38. The monoisotopic (exact) mass is 260 g/mol. The molecule has 20 heavy (non-hydrogen) atoms. The molecule has 0 aromatic heterocycles. The van der Waals surface area contributed by atoms with Gasteiger partial charge in [-0.3, -0.25) is 0 Å². The molecule has 0 nitrogen and oxygen atoms in total. The number of benzene rings is 2. The van der Waals surface area contributed by atoms with Gasteiger partial charge in [0.05, 0.1) is 0 Å². The van der Waals surface area contributed by atoms with E-state index in [9.17, 15) is 0 Å². The molecule has 0 aliphatic heterocycles. The summed E-state index contributed by atoms with van der Waals surface area (Å²) >= 11 is 0. The fourth-order valence-corrected chi connectivity index (χ4v) is 2.78. The van der Waals surface area contributed by atoms with E-state index in [1.165, 1.54) is 48.0 Å². The summed E-state index contributed by atoms with van der Waals surface area (Å²) < 4.78 is 0. The van der Waals surface area contributed by atoms with Crippen molar-refractivity contribution in [2.45, 2.75) is 25.7 Å². The second-order valence-electron chi connectivity index (χ2n) is 5.37. The van der Waals surface area contributed by atoms with Crippen molar-refractivity contribution in [3.05, 3.63) is 82.9 Å². The lowest BCUT2D eigenvalue weighted by molar-refractivity contribution is 0.685. The Bertz CT molecular complexity index is 546. The molecule has 1 aliphatic rings. The first kappa shape index (κ1) is 12.9. The molecule has 1 fully saturated rings. The predicted octanol–water partition coefficient (Wildman–Crippen LogP) is 5.73. The lowest BCUT2D eigenvalue weighted by Gasteiger charge is -2.18. The Kier molecular flexibility index (Phi) is 4.13. The van der Waals surface area contributed by atoms with Crippen LogP contribution < -0.4 is 0 Å². The average molecular weight is 260 g/mol. The maximum atomic E-state index is 2.36. The smallest absolute Gasteiger partial charge is 0.0254 e. The third-order valence-electron chi connectivity index (χ3n) is 3.84. The van der Waals surface area contributed by atoms with Crippen molar-refractivity contribution in [1.29, 1.82) is 0 Å². The molecule has 0 amide bonds. The Hall–Kier alpha value is -2.08. The molecule has 1 aliphatic carbocycles. The highest BCUT2D eigenvalue weighted by Gasteiger charge is 2.11. The molecule has 0 atom stereocenters. The van der Waals surface area contributed by atoms with Crippen molar-refractivity contribution in [1.82, 2.24) is 0 Å². The van der Waals surface area contributed by atoms with Crippen LogP contribution in [0.1, 0.15) is 36.8 Å². The van der Waals surface area contributed by atoms with Gasteiger partial charge in [-0.15, -0.1) is 0 Å². The molecule has 0 saturated heterocycles. The predicted molar refractivity (Wildman–Crippen MR) is 87.3 cm³/mol. The maximum Gasteiger partial charge on any atom is -0.0254 e. The Balaban J connectivity index is 1.92. The van der Waals surface area contributed by atoms with Gasteiger partial charge in [-0.2, -0.15) is 0 Å². The molecule has 0 unspecified atom stereocenters. The molecule has 0 bridgehead atoms. The van der Waals surface area contributed by atoms with Gasteiger partial charge in [0.15, 0.2) is 0 Å². The summed E-state index contributed by atoms with van der Waals surface area (Å²) in [7, 11) is 0. The molecule has 1 saturated carbocycles. The van der Waals surface area contributed by atoms with Crippen LogP contribution in [-0.4, -0.2) is 0 Å². The normalized spacial score (nSPS) is 19.4. The van der Waals surface area contributed by atoms with E-state index in [0.717, 1.165) is 0 Å². The summed E-state index contributed by atoms with van der Waals surface area (Å²) in [6, 6.07) is 21.3. The van der Waals surface area contributed by atoms with Crippen LogP contribution in [0.15, 0.2) is 71.8 Å². The van der Waals surface area contributed by atoms with Crippen LogP contribution in [0.3, 0.4) is 0 Å². The van der Waals surface area contributed by atoms with Crippen LogP contribution in [0, 0.1) is 0 Å². The SMILES string of the molecule is C(=C1CCCCC1=Cc1ccccc1)c1ccccc1. The number of hydrogen-bond donors (Lipinski definition) is 0. The van der Waals surface area contributed by atoms with Crippen LogP contribution in [-0.2, 0) is 0 Å². The first-order valence-electron chi connectivity index (χ1n) is 7.43. The number of rotatable bonds is 2. The van der Waals surface area contributed by atoms with Crippen LogP contribution in [0.5, 0.6) is 0 Å². The molecule has 2 aromatic carbocycles. The van der Waals surface area contributed by atoms with Crippen molar-refractivity contribution in [3.63, 3.8) is 0 Å². The minimum atomic E-state index is 1.20. The average Bonchev–Trinajstić information content (AvgIpc) is 2.51. The summed E-state index contributed by atoms with van der Waals surface area (Å²) in [5, 5.41) is 0. The zero-order valence-corrected chi connectivity index (χ0v) is 11.8. The van der Waals surface area contributed by atoms with E-state index in [2.05, 4.69) is 72.8 Å². The van der Waals surface area contributed by atoms with Crippen LogP contribution >= 0.6 is 0 Å². The van der Waals surface area contributed by atoms with Crippen LogP contribution in [0.4, 0.5) is 0 Å². The first-order chi connectivity index (χ1) is 9.92. The molecule has 0 heterocycles. The zero-order valence-electron chi connectivity index (χ0n) is 11.8. The molecule has 0 spiro atoms. The van der Waals surface area contributed by atoms with E-state index in [1.807, 2.05) is 0 Å². The van der Waals surface area contributed by atoms with Gasteiger partial charge >= 0.3 is 0 Å². The van der Waals surface area contributed by atoms with Crippen molar-refractivity contribution < 1.29 is 0 Å². The third kappa shape index (κ3) is 3.27. The van der Waals surface area contributed by atoms with E-state index in [4.69, 9.17) is 0 Å². The molecule has 100 valence electrons. The Morgan fingerprint density at radius 2 is 0.950 bits per heavy atom. The van der Waals surface area contributed by atoms with E-state index in [0.29, 0.717) is 0 Å². The molecular formula is C20H20. The summed E-state index contributed by atoms with van der Waals surface area (Å²) in [6.45, 7) is 0.